The standard InChI is InChI=1S/C24H35N5O/c1-5-21(6-2)29-22(30)16-19-17-25-24(27-23(19)29)26-20-13-9-11-18(15-20)12-10-14-28(7-3)8-4/h9,11,13,15,17,21H,5-8,10,12,14,16H2,1-4H3,(H,25,26,27). The third-order valence-corrected chi connectivity index (χ3v) is 6.01. The molecule has 0 atom stereocenters. The lowest BCUT2D eigenvalue weighted by Gasteiger charge is -2.25. The van der Waals surface area contributed by atoms with E-state index >= 15 is 0 Å². The van der Waals surface area contributed by atoms with Crippen molar-refractivity contribution in [2.45, 2.75) is 65.8 Å². The molecule has 162 valence electrons. The Morgan fingerprint density at radius 3 is 2.63 bits per heavy atom. The van der Waals surface area contributed by atoms with E-state index in [1.807, 2.05) is 11.0 Å². The second-order valence-corrected chi connectivity index (χ2v) is 7.91. The van der Waals surface area contributed by atoms with Crippen LogP contribution in [0, 0.1) is 0 Å². The summed E-state index contributed by atoms with van der Waals surface area (Å²) >= 11 is 0. The van der Waals surface area contributed by atoms with E-state index in [1.165, 1.54) is 5.56 Å². The first-order chi connectivity index (χ1) is 14.6. The predicted octanol–water partition coefficient (Wildman–Crippen LogP) is 4.57. The minimum Gasteiger partial charge on any atom is -0.324 e. The fourth-order valence-electron chi connectivity index (χ4n) is 4.17. The number of carbonyl (C=O) groups excluding carboxylic acids is 1. The summed E-state index contributed by atoms with van der Waals surface area (Å²) in [4.78, 5) is 26.0. The van der Waals surface area contributed by atoms with Crippen molar-refractivity contribution in [3.8, 4) is 0 Å². The molecule has 0 spiro atoms. The van der Waals surface area contributed by atoms with E-state index in [9.17, 15) is 4.79 Å². The minimum atomic E-state index is 0.125. The molecule has 1 aliphatic heterocycles. The number of hydrogen-bond acceptors (Lipinski definition) is 5. The number of nitrogens with one attached hydrogen (secondary N) is 1. The van der Waals surface area contributed by atoms with Crippen LogP contribution in [0.15, 0.2) is 30.5 Å². The van der Waals surface area contributed by atoms with Gasteiger partial charge < -0.3 is 10.2 Å². The summed E-state index contributed by atoms with van der Waals surface area (Å²) in [6.07, 6.45) is 6.22. The summed E-state index contributed by atoms with van der Waals surface area (Å²) in [5.74, 6) is 1.43. The van der Waals surface area contributed by atoms with Crippen molar-refractivity contribution in [3.05, 3.63) is 41.6 Å². The van der Waals surface area contributed by atoms with Crippen LogP contribution >= 0.6 is 0 Å². The van der Waals surface area contributed by atoms with Gasteiger partial charge in [0.25, 0.3) is 0 Å². The maximum absolute atomic E-state index is 12.5. The molecule has 1 N–H and O–H groups in total. The second-order valence-electron chi connectivity index (χ2n) is 7.91. The Morgan fingerprint density at radius 2 is 1.93 bits per heavy atom. The van der Waals surface area contributed by atoms with E-state index in [0.717, 1.165) is 62.4 Å². The van der Waals surface area contributed by atoms with E-state index in [2.05, 4.69) is 61.1 Å². The van der Waals surface area contributed by atoms with Gasteiger partial charge in [-0.1, -0.05) is 39.8 Å². The van der Waals surface area contributed by atoms with Gasteiger partial charge in [0.1, 0.15) is 5.82 Å². The van der Waals surface area contributed by atoms with Crippen LogP contribution < -0.4 is 10.2 Å². The van der Waals surface area contributed by atoms with Crippen LogP contribution in [0.25, 0.3) is 0 Å². The average molecular weight is 410 g/mol. The van der Waals surface area contributed by atoms with Gasteiger partial charge in [-0.2, -0.15) is 4.98 Å². The molecule has 0 bridgehead atoms. The summed E-state index contributed by atoms with van der Waals surface area (Å²) in [5, 5.41) is 3.34. The first-order valence-electron chi connectivity index (χ1n) is 11.4. The normalized spacial score (nSPS) is 13.4. The molecule has 0 saturated carbocycles. The lowest BCUT2D eigenvalue weighted by molar-refractivity contribution is -0.117. The number of aromatic nitrogens is 2. The molecular formula is C24H35N5O. The third-order valence-electron chi connectivity index (χ3n) is 6.01. The van der Waals surface area contributed by atoms with Crippen molar-refractivity contribution in [1.29, 1.82) is 0 Å². The van der Waals surface area contributed by atoms with E-state index < -0.39 is 0 Å². The summed E-state index contributed by atoms with van der Waals surface area (Å²) in [6.45, 7) is 12.0. The average Bonchev–Trinajstić information content (AvgIpc) is 3.08. The summed E-state index contributed by atoms with van der Waals surface area (Å²) in [5.41, 5.74) is 3.21. The van der Waals surface area contributed by atoms with E-state index in [-0.39, 0.29) is 11.9 Å². The number of benzene rings is 1. The molecule has 30 heavy (non-hydrogen) atoms. The van der Waals surface area contributed by atoms with Gasteiger partial charge in [0.05, 0.1) is 6.42 Å². The first-order valence-corrected chi connectivity index (χ1v) is 11.4. The van der Waals surface area contributed by atoms with Gasteiger partial charge in [-0.25, -0.2) is 4.98 Å². The molecule has 0 radical (unpaired) electrons. The SMILES string of the molecule is CCC(CC)N1C(=O)Cc2cnc(Nc3cccc(CCCN(CC)CC)c3)nc21. The Balaban J connectivity index is 1.70. The lowest BCUT2D eigenvalue weighted by atomic mass is 10.1. The van der Waals surface area contributed by atoms with E-state index in [0.29, 0.717) is 12.4 Å². The molecule has 6 nitrogen and oxygen atoms in total. The third kappa shape index (κ3) is 5.17. The Kier molecular flexibility index (Phi) is 7.80. The molecule has 6 heteroatoms. The zero-order valence-electron chi connectivity index (χ0n) is 18.8. The molecule has 1 aromatic heterocycles. The highest BCUT2D eigenvalue weighted by Crippen LogP contribution is 2.31. The predicted molar refractivity (Wildman–Crippen MR) is 123 cm³/mol. The van der Waals surface area contributed by atoms with Crippen molar-refractivity contribution in [1.82, 2.24) is 14.9 Å². The number of rotatable bonds is 11. The fraction of sp³-hybridized carbons (Fsp3) is 0.542. The smallest absolute Gasteiger partial charge is 0.233 e. The minimum absolute atomic E-state index is 0.125. The topological polar surface area (TPSA) is 61.4 Å². The maximum atomic E-state index is 12.5. The summed E-state index contributed by atoms with van der Waals surface area (Å²) in [7, 11) is 0. The number of fused-ring (bicyclic) bond motifs is 1. The summed E-state index contributed by atoms with van der Waals surface area (Å²) < 4.78 is 0. The van der Waals surface area contributed by atoms with E-state index in [4.69, 9.17) is 4.98 Å². The Labute approximate surface area is 180 Å². The lowest BCUT2D eigenvalue weighted by Crippen LogP contribution is -2.37. The van der Waals surface area contributed by atoms with Crippen LogP contribution in [0.1, 0.15) is 58.1 Å². The summed E-state index contributed by atoms with van der Waals surface area (Å²) in [6, 6.07) is 8.64. The molecule has 1 aromatic carbocycles. The van der Waals surface area contributed by atoms with Crippen molar-refractivity contribution >= 4 is 23.4 Å². The number of nitrogens with zero attached hydrogens (tertiary/aromatic N) is 4. The van der Waals surface area contributed by atoms with Gasteiger partial charge in [0.2, 0.25) is 11.9 Å². The molecule has 1 aliphatic rings. The zero-order valence-corrected chi connectivity index (χ0v) is 18.8. The highest BCUT2D eigenvalue weighted by atomic mass is 16.2. The molecule has 3 rings (SSSR count). The van der Waals surface area contributed by atoms with E-state index in [1.54, 1.807) is 6.20 Å². The molecule has 0 saturated heterocycles. The fourth-order valence-corrected chi connectivity index (χ4v) is 4.17. The first kappa shape index (κ1) is 22.2. The number of amides is 1. The van der Waals surface area contributed by atoms with Gasteiger partial charge >= 0.3 is 0 Å². The quantitative estimate of drug-likeness (QED) is 0.589. The van der Waals surface area contributed by atoms with Gasteiger partial charge in [-0.15, -0.1) is 0 Å². The van der Waals surface area contributed by atoms with Gasteiger partial charge in [-0.3, -0.25) is 9.69 Å². The monoisotopic (exact) mass is 409 g/mol. The number of aryl methyl sites for hydroxylation is 1. The van der Waals surface area contributed by atoms with Crippen LogP contribution in [-0.2, 0) is 17.6 Å². The van der Waals surface area contributed by atoms with Crippen LogP contribution in [0.5, 0.6) is 0 Å². The Hall–Kier alpha value is -2.47. The van der Waals surface area contributed by atoms with Crippen molar-refractivity contribution in [2.75, 3.05) is 29.9 Å². The largest absolute Gasteiger partial charge is 0.324 e. The van der Waals surface area contributed by atoms with Crippen LogP contribution in [0.2, 0.25) is 0 Å². The van der Waals surface area contributed by atoms with Crippen LogP contribution in [0.4, 0.5) is 17.5 Å². The maximum Gasteiger partial charge on any atom is 0.233 e. The van der Waals surface area contributed by atoms with Gasteiger partial charge in [0.15, 0.2) is 0 Å². The molecule has 0 unspecified atom stereocenters. The van der Waals surface area contributed by atoms with Crippen molar-refractivity contribution < 1.29 is 4.79 Å². The molecule has 0 aliphatic carbocycles. The highest BCUT2D eigenvalue weighted by Gasteiger charge is 2.33. The van der Waals surface area contributed by atoms with Gasteiger partial charge in [-0.05, 0) is 63.0 Å². The Bertz CT molecular complexity index is 845. The zero-order chi connectivity index (χ0) is 21.5. The molecular weight excluding hydrogens is 374 g/mol. The molecule has 1 amide bonds. The highest BCUT2D eigenvalue weighted by molar-refractivity contribution is 6.00. The second kappa shape index (κ2) is 10.5. The van der Waals surface area contributed by atoms with Crippen LogP contribution in [-0.4, -0.2) is 46.5 Å². The molecule has 2 heterocycles. The number of anilines is 3. The van der Waals surface area contributed by atoms with Crippen molar-refractivity contribution in [3.63, 3.8) is 0 Å². The molecule has 0 fully saturated rings. The van der Waals surface area contributed by atoms with Crippen molar-refractivity contribution in [2.24, 2.45) is 0 Å². The van der Waals surface area contributed by atoms with Gasteiger partial charge in [0, 0.05) is 23.5 Å². The number of hydrogen-bond donors (Lipinski definition) is 1. The molecule has 2 aromatic rings. The number of carbonyl (C=O) groups is 1. The Morgan fingerprint density at radius 1 is 1.17 bits per heavy atom. The van der Waals surface area contributed by atoms with Crippen LogP contribution in [0.3, 0.4) is 0 Å².